The Labute approximate surface area is 137 Å². The summed E-state index contributed by atoms with van der Waals surface area (Å²) >= 11 is 0. The molecular formula is C19H10FN3O. The largest absolute Gasteiger partial charge is 0.505 e. The van der Waals surface area contributed by atoms with E-state index in [1.54, 1.807) is 30.3 Å². The van der Waals surface area contributed by atoms with Crippen LogP contribution in [0.4, 0.5) is 4.39 Å². The number of hydrogen-bond donors (Lipinski definition) is 1. The van der Waals surface area contributed by atoms with Crippen LogP contribution in [-0.4, -0.2) is 10.1 Å². The fourth-order valence-corrected chi connectivity index (χ4v) is 2.37. The van der Waals surface area contributed by atoms with Gasteiger partial charge < -0.3 is 5.11 Å². The first-order valence-corrected chi connectivity index (χ1v) is 7.04. The predicted octanol–water partition coefficient (Wildman–Crippen LogP) is 4.36. The summed E-state index contributed by atoms with van der Waals surface area (Å²) in [6.45, 7) is 0. The van der Waals surface area contributed by atoms with Crippen LogP contribution in [0.2, 0.25) is 0 Å². The summed E-state index contributed by atoms with van der Waals surface area (Å²) in [4.78, 5) is 4.32. The topological polar surface area (TPSA) is 80.7 Å². The van der Waals surface area contributed by atoms with Crippen molar-refractivity contribution in [2.45, 2.75) is 0 Å². The molecule has 0 atom stereocenters. The monoisotopic (exact) mass is 315 g/mol. The molecule has 1 heterocycles. The first-order chi connectivity index (χ1) is 11.7. The highest BCUT2D eigenvalue weighted by atomic mass is 19.1. The van der Waals surface area contributed by atoms with Crippen molar-refractivity contribution in [1.29, 1.82) is 10.5 Å². The molecule has 1 aromatic heterocycles. The van der Waals surface area contributed by atoms with Crippen LogP contribution in [0.25, 0.3) is 27.9 Å². The van der Waals surface area contributed by atoms with E-state index < -0.39 is 17.1 Å². The van der Waals surface area contributed by atoms with E-state index in [2.05, 4.69) is 4.98 Å². The van der Waals surface area contributed by atoms with Crippen molar-refractivity contribution >= 4 is 16.7 Å². The smallest absolute Gasteiger partial charge is 0.171 e. The molecule has 2 aromatic carbocycles. The van der Waals surface area contributed by atoms with Crippen molar-refractivity contribution in [2.75, 3.05) is 0 Å². The van der Waals surface area contributed by atoms with E-state index in [1.165, 1.54) is 6.07 Å². The van der Waals surface area contributed by atoms with Crippen molar-refractivity contribution in [2.24, 2.45) is 0 Å². The molecule has 5 heteroatoms. The highest BCUT2D eigenvalue weighted by molar-refractivity contribution is 5.86. The molecule has 3 rings (SSSR count). The number of halogens is 1. The normalized spacial score (nSPS) is 9.96. The number of aliphatic hydroxyl groups excluding tert-OH is 1. The van der Waals surface area contributed by atoms with E-state index >= 15 is 0 Å². The molecule has 0 saturated carbocycles. The van der Waals surface area contributed by atoms with Crippen LogP contribution in [0.3, 0.4) is 0 Å². The number of hydrogen-bond acceptors (Lipinski definition) is 4. The highest BCUT2D eigenvalue weighted by Gasteiger charge is 2.16. The Morgan fingerprint density at radius 3 is 2.29 bits per heavy atom. The van der Waals surface area contributed by atoms with Crippen LogP contribution < -0.4 is 0 Å². The van der Waals surface area contributed by atoms with Gasteiger partial charge in [0.05, 0.1) is 11.3 Å². The summed E-state index contributed by atoms with van der Waals surface area (Å²) in [7, 11) is 0. The van der Waals surface area contributed by atoms with Crippen LogP contribution in [0, 0.1) is 28.5 Å². The molecule has 0 bridgehead atoms. The first kappa shape index (κ1) is 15.2. The summed E-state index contributed by atoms with van der Waals surface area (Å²) < 4.78 is 14.8. The Morgan fingerprint density at radius 1 is 0.958 bits per heavy atom. The second-order valence-corrected chi connectivity index (χ2v) is 5.01. The fraction of sp³-hybridized carbons (Fsp3) is 0. The van der Waals surface area contributed by atoms with Gasteiger partial charge in [-0.3, -0.25) is 0 Å². The second kappa shape index (κ2) is 6.20. The molecule has 0 amide bonds. The zero-order valence-corrected chi connectivity index (χ0v) is 12.4. The molecule has 0 aliphatic carbocycles. The van der Waals surface area contributed by atoms with Crippen molar-refractivity contribution in [3.63, 3.8) is 0 Å². The maximum atomic E-state index is 14.8. The molecule has 0 saturated heterocycles. The molecule has 4 nitrogen and oxygen atoms in total. The van der Waals surface area contributed by atoms with Crippen LogP contribution in [0.15, 0.2) is 60.2 Å². The van der Waals surface area contributed by atoms with Crippen molar-refractivity contribution < 1.29 is 9.50 Å². The van der Waals surface area contributed by atoms with Gasteiger partial charge in [0.1, 0.15) is 17.7 Å². The Balaban J connectivity index is 2.24. The summed E-state index contributed by atoms with van der Waals surface area (Å²) in [5.41, 5.74) is 0.712. The van der Waals surface area contributed by atoms with Gasteiger partial charge in [0.2, 0.25) is 0 Å². The number of nitrogens with zero attached hydrogens (tertiary/aromatic N) is 3. The fourth-order valence-electron chi connectivity index (χ4n) is 2.37. The predicted molar refractivity (Wildman–Crippen MR) is 87.9 cm³/mol. The van der Waals surface area contributed by atoms with Gasteiger partial charge in [0, 0.05) is 10.9 Å². The van der Waals surface area contributed by atoms with Gasteiger partial charge in [0.25, 0.3) is 0 Å². The summed E-state index contributed by atoms with van der Waals surface area (Å²) in [6, 6.07) is 18.8. The minimum Gasteiger partial charge on any atom is -0.505 e. The highest BCUT2D eigenvalue weighted by Crippen LogP contribution is 2.27. The third-order valence-electron chi connectivity index (χ3n) is 3.59. The first-order valence-electron chi connectivity index (χ1n) is 7.04. The van der Waals surface area contributed by atoms with Gasteiger partial charge in [-0.05, 0) is 12.1 Å². The lowest BCUT2D eigenvalue weighted by Crippen LogP contribution is -1.96. The quantitative estimate of drug-likeness (QED) is 0.563. The molecule has 0 spiro atoms. The van der Waals surface area contributed by atoms with E-state index in [-0.39, 0.29) is 11.1 Å². The van der Waals surface area contributed by atoms with E-state index in [9.17, 15) is 9.50 Å². The molecule has 0 radical (unpaired) electrons. The molecule has 24 heavy (non-hydrogen) atoms. The number of fused-ring (bicyclic) bond motifs is 1. The summed E-state index contributed by atoms with van der Waals surface area (Å²) in [5, 5.41) is 28.2. The van der Waals surface area contributed by atoms with Gasteiger partial charge in [0.15, 0.2) is 17.1 Å². The lowest BCUT2D eigenvalue weighted by molar-refractivity contribution is 0.501. The Bertz CT molecular complexity index is 1030. The minimum absolute atomic E-state index is 0.0654. The average Bonchev–Trinajstić information content (AvgIpc) is 2.63. The average molecular weight is 315 g/mol. The Hall–Kier alpha value is -3.70. The van der Waals surface area contributed by atoms with Gasteiger partial charge >= 0.3 is 0 Å². The molecule has 3 aromatic rings. The van der Waals surface area contributed by atoms with Crippen LogP contribution in [0.1, 0.15) is 5.56 Å². The standard InChI is InChI=1S/C19H10FN3O/c20-17-15(19(24)14(10-21)11-22)8-6-13-7-9-16(23-18(13)17)12-4-2-1-3-5-12/h1-9,24H. The minimum atomic E-state index is -0.772. The van der Waals surface area contributed by atoms with Crippen LogP contribution >= 0.6 is 0 Å². The third kappa shape index (κ3) is 2.55. The number of aromatic nitrogens is 1. The number of allylic oxidation sites excluding steroid dienone is 1. The molecular weight excluding hydrogens is 305 g/mol. The Morgan fingerprint density at radius 2 is 1.62 bits per heavy atom. The number of aliphatic hydroxyl groups is 1. The molecule has 0 unspecified atom stereocenters. The summed E-state index contributed by atoms with van der Waals surface area (Å²) in [5.74, 6) is -1.46. The molecule has 0 fully saturated rings. The summed E-state index contributed by atoms with van der Waals surface area (Å²) in [6.07, 6.45) is 0. The van der Waals surface area contributed by atoms with Crippen LogP contribution in [0.5, 0.6) is 0 Å². The van der Waals surface area contributed by atoms with E-state index in [1.807, 2.05) is 30.3 Å². The lowest BCUT2D eigenvalue weighted by Gasteiger charge is -2.08. The van der Waals surface area contributed by atoms with Crippen molar-refractivity contribution in [1.82, 2.24) is 4.98 Å². The lowest BCUT2D eigenvalue weighted by atomic mass is 10.0. The zero-order valence-electron chi connectivity index (χ0n) is 12.4. The van der Waals surface area contributed by atoms with Gasteiger partial charge in [-0.2, -0.15) is 10.5 Å². The number of rotatable bonds is 2. The number of benzene rings is 2. The zero-order chi connectivity index (χ0) is 17.1. The van der Waals surface area contributed by atoms with Crippen LogP contribution in [-0.2, 0) is 0 Å². The Kier molecular flexibility index (Phi) is 3.93. The maximum absolute atomic E-state index is 14.8. The van der Waals surface area contributed by atoms with Crippen molar-refractivity contribution in [3.8, 4) is 23.4 Å². The number of nitriles is 2. The molecule has 114 valence electrons. The van der Waals surface area contributed by atoms with Gasteiger partial charge in [-0.1, -0.05) is 42.5 Å². The second-order valence-electron chi connectivity index (χ2n) is 5.01. The van der Waals surface area contributed by atoms with E-state index in [0.29, 0.717) is 11.1 Å². The number of pyridine rings is 1. The molecule has 0 aliphatic heterocycles. The molecule has 0 aliphatic rings. The molecule has 1 N–H and O–H groups in total. The maximum Gasteiger partial charge on any atom is 0.171 e. The van der Waals surface area contributed by atoms with Gasteiger partial charge in [-0.25, -0.2) is 9.37 Å². The van der Waals surface area contributed by atoms with Gasteiger partial charge in [-0.15, -0.1) is 0 Å². The van der Waals surface area contributed by atoms with E-state index in [4.69, 9.17) is 10.5 Å². The van der Waals surface area contributed by atoms with E-state index in [0.717, 1.165) is 5.56 Å². The SMILES string of the molecule is N#CC(C#N)=C(O)c1ccc2ccc(-c3ccccc3)nc2c1F. The van der Waals surface area contributed by atoms with Crippen molar-refractivity contribution in [3.05, 3.63) is 71.6 Å². The third-order valence-corrected chi connectivity index (χ3v) is 3.59.